The molecule has 0 aliphatic heterocycles. The van der Waals surface area contributed by atoms with E-state index in [1.54, 1.807) is 7.11 Å². The van der Waals surface area contributed by atoms with Gasteiger partial charge in [-0.3, -0.25) is 0 Å². The van der Waals surface area contributed by atoms with Crippen LogP contribution in [0, 0.1) is 24.1 Å². The van der Waals surface area contributed by atoms with Gasteiger partial charge in [-0.05, 0) is 43.7 Å². The molecule has 0 fully saturated rings. The van der Waals surface area contributed by atoms with Crippen LogP contribution in [0.15, 0.2) is 41.4 Å². The van der Waals surface area contributed by atoms with Gasteiger partial charge in [0.1, 0.15) is 18.2 Å². The third kappa shape index (κ3) is 7.09. The maximum absolute atomic E-state index is 14.0. The Bertz CT molecular complexity index is 878. The van der Waals surface area contributed by atoms with Crippen LogP contribution in [0.25, 0.3) is 0 Å². The minimum Gasteiger partial charge on any atom is -0.491 e. The second-order valence-corrected chi connectivity index (χ2v) is 6.42. The quantitative estimate of drug-likeness (QED) is 0.385. The number of aryl methyl sites for hydroxylation is 1. The molecule has 154 valence electrons. The fourth-order valence-corrected chi connectivity index (χ4v) is 2.63. The lowest BCUT2D eigenvalue weighted by Crippen LogP contribution is -2.36. The maximum atomic E-state index is 14.0. The number of nitriles is 1. The SMILES string of the molecule is CCNC(=NCc1cc(C#N)ccc1F)NCc1ccc(C)cc1OCCOC. The van der Waals surface area contributed by atoms with Crippen molar-refractivity contribution in [3.63, 3.8) is 0 Å². The minimum absolute atomic E-state index is 0.127. The van der Waals surface area contributed by atoms with Crippen LogP contribution in [0.5, 0.6) is 5.75 Å². The number of guanidine groups is 1. The zero-order valence-electron chi connectivity index (χ0n) is 17.1. The molecule has 0 amide bonds. The monoisotopic (exact) mass is 398 g/mol. The summed E-state index contributed by atoms with van der Waals surface area (Å²) in [6.07, 6.45) is 0. The Balaban J connectivity index is 2.09. The highest BCUT2D eigenvalue weighted by atomic mass is 19.1. The summed E-state index contributed by atoms with van der Waals surface area (Å²) < 4.78 is 24.8. The Morgan fingerprint density at radius 1 is 1.14 bits per heavy atom. The number of methoxy groups -OCH3 is 1. The third-order valence-electron chi connectivity index (χ3n) is 4.14. The largest absolute Gasteiger partial charge is 0.491 e. The highest BCUT2D eigenvalue weighted by Crippen LogP contribution is 2.20. The number of nitrogens with zero attached hydrogens (tertiary/aromatic N) is 2. The van der Waals surface area contributed by atoms with Gasteiger partial charge >= 0.3 is 0 Å². The first-order chi connectivity index (χ1) is 14.1. The summed E-state index contributed by atoms with van der Waals surface area (Å²) in [5.41, 5.74) is 2.87. The van der Waals surface area contributed by atoms with Crippen molar-refractivity contribution in [1.82, 2.24) is 10.6 Å². The van der Waals surface area contributed by atoms with Gasteiger partial charge < -0.3 is 20.1 Å². The normalized spacial score (nSPS) is 11.1. The Labute approximate surface area is 171 Å². The molecule has 2 aromatic rings. The number of ether oxygens (including phenoxy) is 2. The van der Waals surface area contributed by atoms with Crippen molar-refractivity contribution in [2.24, 2.45) is 4.99 Å². The van der Waals surface area contributed by atoms with Crippen LogP contribution in [0.2, 0.25) is 0 Å². The van der Waals surface area contributed by atoms with Gasteiger partial charge in [0.25, 0.3) is 0 Å². The van der Waals surface area contributed by atoms with Crippen LogP contribution in [0.3, 0.4) is 0 Å². The predicted molar refractivity (Wildman–Crippen MR) is 111 cm³/mol. The van der Waals surface area contributed by atoms with Gasteiger partial charge in [0, 0.05) is 31.3 Å². The van der Waals surface area contributed by atoms with E-state index in [9.17, 15) is 4.39 Å². The van der Waals surface area contributed by atoms with Crippen molar-refractivity contribution in [2.75, 3.05) is 26.9 Å². The molecule has 0 radical (unpaired) electrons. The predicted octanol–water partition coefficient (Wildman–Crippen LogP) is 3.29. The fourth-order valence-electron chi connectivity index (χ4n) is 2.63. The van der Waals surface area contributed by atoms with E-state index in [2.05, 4.69) is 15.6 Å². The second kappa shape index (κ2) is 11.7. The molecule has 0 saturated heterocycles. The highest BCUT2D eigenvalue weighted by Gasteiger charge is 2.07. The van der Waals surface area contributed by atoms with Crippen molar-refractivity contribution in [3.05, 3.63) is 64.5 Å². The fraction of sp³-hybridized carbons (Fsp3) is 0.364. The van der Waals surface area contributed by atoms with E-state index in [1.165, 1.54) is 18.2 Å². The van der Waals surface area contributed by atoms with Crippen LogP contribution in [-0.4, -0.2) is 32.8 Å². The lowest BCUT2D eigenvalue weighted by atomic mass is 10.1. The molecule has 0 bridgehead atoms. The number of nitrogens with one attached hydrogen (secondary N) is 2. The van der Waals surface area contributed by atoms with E-state index in [1.807, 2.05) is 38.1 Å². The topological polar surface area (TPSA) is 78.7 Å². The van der Waals surface area contributed by atoms with Crippen LogP contribution >= 0.6 is 0 Å². The molecule has 7 heteroatoms. The molecular formula is C22H27FN4O2. The number of hydrogen-bond donors (Lipinski definition) is 2. The summed E-state index contributed by atoms with van der Waals surface area (Å²) in [5.74, 6) is 0.965. The third-order valence-corrected chi connectivity index (χ3v) is 4.14. The summed E-state index contributed by atoms with van der Waals surface area (Å²) in [7, 11) is 1.64. The number of hydrogen-bond acceptors (Lipinski definition) is 4. The zero-order valence-corrected chi connectivity index (χ0v) is 17.1. The number of halogens is 1. The van der Waals surface area contributed by atoms with Gasteiger partial charge in [0.15, 0.2) is 5.96 Å². The summed E-state index contributed by atoms with van der Waals surface area (Å²) in [6, 6.07) is 12.3. The van der Waals surface area contributed by atoms with Crippen LogP contribution in [0.4, 0.5) is 4.39 Å². The van der Waals surface area contributed by atoms with Crippen molar-refractivity contribution in [3.8, 4) is 11.8 Å². The zero-order chi connectivity index (χ0) is 21.1. The Morgan fingerprint density at radius 3 is 2.69 bits per heavy atom. The first-order valence-corrected chi connectivity index (χ1v) is 9.49. The molecule has 0 heterocycles. The van der Waals surface area contributed by atoms with E-state index >= 15 is 0 Å². The van der Waals surface area contributed by atoms with Gasteiger partial charge in [0.2, 0.25) is 0 Å². The molecule has 0 aliphatic rings. The number of benzene rings is 2. The van der Waals surface area contributed by atoms with Gasteiger partial charge in [-0.25, -0.2) is 9.38 Å². The van der Waals surface area contributed by atoms with E-state index in [-0.39, 0.29) is 12.4 Å². The summed E-state index contributed by atoms with van der Waals surface area (Å²) in [6.45, 7) is 6.23. The standard InChI is InChI=1S/C22H27FN4O2/c1-4-25-22(27-15-19-12-17(13-24)6-8-20(19)23)26-14-18-7-5-16(2)11-21(18)29-10-9-28-3/h5-8,11-12H,4,9-10,14-15H2,1-3H3,(H2,25,26,27). The molecule has 0 unspecified atom stereocenters. The smallest absolute Gasteiger partial charge is 0.191 e. The molecule has 29 heavy (non-hydrogen) atoms. The molecule has 0 aliphatic carbocycles. The first kappa shape index (κ1) is 22.2. The second-order valence-electron chi connectivity index (χ2n) is 6.42. The van der Waals surface area contributed by atoms with Crippen LogP contribution < -0.4 is 15.4 Å². The van der Waals surface area contributed by atoms with Crippen molar-refractivity contribution >= 4 is 5.96 Å². The van der Waals surface area contributed by atoms with Gasteiger partial charge in [-0.15, -0.1) is 0 Å². The molecule has 0 spiro atoms. The molecule has 0 saturated carbocycles. The Hall–Kier alpha value is -3.11. The maximum Gasteiger partial charge on any atom is 0.191 e. The molecule has 0 atom stereocenters. The van der Waals surface area contributed by atoms with E-state index in [4.69, 9.17) is 14.7 Å². The lowest BCUT2D eigenvalue weighted by Gasteiger charge is -2.15. The van der Waals surface area contributed by atoms with Gasteiger partial charge in [0.05, 0.1) is 24.8 Å². The van der Waals surface area contributed by atoms with Crippen molar-refractivity contribution < 1.29 is 13.9 Å². The summed E-state index contributed by atoms with van der Waals surface area (Å²) >= 11 is 0. The molecular weight excluding hydrogens is 371 g/mol. The average molecular weight is 398 g/mol. The minimum atomic E-state index is -0.379. The van der Waals surface area contributed by atoms with E-state index in [0.29, 0.717) is 43.4 Å². The number of aliphatic imine (C=N–C) groups is 1. The van der Waals surface area contributed by atoms with Crippen LogP contribution in [-0.2, 0) is 17.8 Å². The van der Waals surface area contributed by atoms with E-state index < -0.39 is 0 Å². The molecule has 2 rings (SSSR count). The highest BCUT2D eigenvalue weighted by molar-refractivity contribution is 5.79. The van der Waals surface area contributed by atoms with E-state index in [0.717, 1.165) is 16.9 Å². The Kier molecular flexibility index (Phi) is 8.93. The Morgan fingerprint density at radius 2 is 1.97 bits per heavy atom. The average Bonchev–Trinajstić information content (AvgIpc) is 2.72. The van der Waals surface area contributed by atoms with Gasteiger partial charge in [-0.2, -0.15) is 5.26 Å². The molecule has 0 aromatic heterocycles. The number of rotatable bonds is 9. The summed E-state index contributed by atoms with van der Waals surface area (Å²) in [5, 5.41) is 15.4. The van der Waals surface area contributed by atoms with Crippen LogP contribution in [0.1, 0.15) is 29.2 Å². The first-order valence-electron chi connectivity index (χ1n) is 9.49. The lowest BCUT2D eigenvalue weighted by molar-refractivity contribution is 0.145. The van der Waals surface area contributed by atoms with Crippen molar-refractivity contribution in [2.45, 2.75) is 26.9 Å². The summed E-state index contributed by atoms with van der Waals surface area (Å²) in [4.78, 5) is 4.44. The molecule has 2 aromatic carbocycles. The van der Waals surface area contributed by atoms with Gasteiger partial charge in [-0.1, -0.05) is 12.1 Å². The molecule has 6 nitrogen and oxygen atoms in total. The molecule has 2 N–H and O–H groups in total. The van der Waals surface area contributed by atoms with Crippen molar-refractivity contribution in [1.29, 1.82) is 5.26 Å².